The number of thioether (sulfide) groups is 1. The summed E-state index contributed by atoms with van der Waals surface area (Å²) in [5, 5.41) is 1.48. The molecule has 1 amide bonds. The van der Waals surface area contributed by atoms with Crippen molar-refractivity contribution in [1.29, 1.82) is 0 Å². The van der Waals surface area contributed by atoms with Gasteiger partial charge in [-0.05, 0) is 36.5 Å². The Labute approximate surface area is 145 Å². The number of amides is 1. The minimum atomic E-state index is 0.200. The van der Waals surface area contributed by atoms with E-state index >= 15 is 0 Å². The fraction of sp³-hybridized carbons (Fsp3) is 0.412. The highest BCUT2D eigenvalue weighted by Gasteiger charge is 2.21. The molecule has 1 aliphatic heterocycles. The van der Waals surface area contributed by atoms with Gasteiger partial charge in [0.2, 0.25) is 5.91 Å². The number of carbonyl (C=O) groups excluding carboxylic acids is 1. The summed E-state index contributed by atoms with van der Waals surface area (Å²) in [5.74, 6) is 1.24. The number of carbonyl (C=O) groups is 1. The third-order valence-electron chi connectivity index (χ3n) is 4.05. The number of aromatic nitrogens is 2. The number of piperidine rings is 1. The number of likely N-dealkylation sites (tertiary alicyclic amines) is 1. The zero-order valence-corrected chi connectivity index (χ0v) is 14.7. The number of benzene rings is 1. The first-order valence-electron chi connectivity index (χ1n) is 7.83. The van der Waals surface area contributed by atoms with E-state index < -0.39 is 0 Å². The molecule has 1 N–H and O–H groups in total. The highest BCUT2D eigenvalue weighted by molar-refractivity contribution is 7.99. The molecule has 1 aliphatic rings. The van der Waals surface area contributed by atoms with Crippen LogP contribution in [0.25, 0.3) is 11.3 Å². The summed E-state index contributed by atoms with van der Waals surface area (Å²) < 4.78 is 0. The standard InChI is InChI=1S/C17H20ClN3OS/c1-12-3-2-8-21(10-12)16(22)11-23-17-19-9-15(20-17)13-4-6-14(18)7-5-13/h4-7,9,12H,2-3,8,10-11H2,1H3,(H,19,20). The maximum absolute atomic E-state index is 12.3. The summed E-state index contributed by atoms with van der Waals surface area (Å²) in [5.41, 5.74) is 1.97. The molecular weight excluding hydrogens is 330 g/mol. The van der Waals surface area contributed by atoms with E-state index in [2.05, 4.69) is 16.9 Å². The molecule has 0 bridgehead atoms. The van der Waals surface area contributed by atoms with Gasteiger partial charge in [-0.15, -0.1) is 0 Å². The van der Waals surface area contributed by atoms with Gasteiger partial charge in [-0.1, -0.05) is 42.4 Å². The van der Waals surface area contributed by atoms with E-state index in [1.807, 2.05) is 29.2 Å². The molecule has 0 aliphatic carbocycles. The molecule has 6 heteroatoms. The van der Waals surface area contributed by atoms with Crippen molar-refractivity contribution in [2.75, 3.05) is 18.8 Å². The van der Waals surface area contributed by atoms with E-state index in [9.17, 15) is 4.79 Å². The fourth-order valence-electron chi connectivity index (χ4n) is 2.79. The molecule has 122 valence electrons. The minimum Gasteiger partial charge on any atom is -0.342 e. The Bertz CT molecular complexity index is 671. The Balaban J connectivity index is 1.56. The van der Waals surface area contributed by atoms with E-state index in [1.54, 1.807) is 6.20 Å². The summed E-state index contributed by atoms with van der Waals surface area (Å²) >= 11 is 7.36. The smallest absolute Gasteiger partial charge is 0.233 e. The topological polar surface area (TPSA) is 49.0 Å². The SMILES string of the molecule is CC1CCCN(C(=O)CSc2ncc(-c3ccc(Cl)cc3)[nH]2)C1. The van der Waals surface area contributed by atoms with E-state index in [4.69, 9.17) is 11.6 Å². The molecule has 1 aromatic heterocycles. The second kappa shape index (κ2) is 7.41. The van der Waals surface area contributed by atoms with Gasteiger partial charge < -0.3 is 9.88 Å². The largest absolute Gasteiger partial charge is 0.342 e. The van der Waals surface area contributed by atoms with Crippen LogP contribution in [-0.4, -0.2) is 39.6 Å². The average Bonchev–Trinajstić information content (AvgIpc) is 3.02. The number of rotatable bonds is 4. The van der Waals surface area contributed by atoms with E-state index in [-0.39, 0.29) is 5.91 Å². The zero-order chi connectivity index (χ0) is 16.2. The van der Waals surface area contributed by atoms with Crippen LogP contribution in [-0.2, 0) is 4.79 Å². The molecule has 2 heterocycles. The molecule has 1 saturated heterocycles. The molecule has 23 heavy (non-hydrogen) atoms. The molecule has 2 aromatic rings. The lowest BCUT2D eigenvalue weighted by Gasteiger charge is -2.30. The van der Waals surface area contributed by atoms with Crippen molar-refractivity contribution in [3.8, 4) is 11.3 Å². The number of H-pyrrole nitrogens is 1. The first-order valence-corrected chi connectivity index (χ1v) is 9.19. The lowest BCUT2D eigenvalue weighted by atomic mass is 10.0. The predicted molar refractivity (Wildman–Crippen MR) is 94.7 cm³/mol. The van der Waals surface area contributed by atoms with Crippen LogP contribution in [0.3, 0.4) is 0 Å². The van der Waals surface area contributed by atoms with Crippen molar-refractivity contribution in [3.05, 3.63) is 35.5 Å². The van der Waals surface area contributed by atoms with E-state index in [0.29, 0.717) is 16.7 Å². The van der Waals surface area contributed by atoms with E-state index in [0.717, 1.165) is 35.9 Å². The second-order valence-corrected chi connectivity index (χ2v) is 7.39. The maximum atomic E-state index is 12.3. The van der Waals surface area contributed by atoms with Crippen LogP contribution in [0, 0.1) is 5.92 Å². The average molecular weight is 350 g/mol. The van der Waals surface area contributed by atoms with Crippen molar-refractivity contribution in [1.82, 2.24) is 14.9 Å². The number of nitrogens with one attached hydrogen (secondary N) is 1. The van der Waals surface area contributed by atoms with Gasteiger partial charge in [0.05, 0.1) is 17.6 Å². The van der Waals surface area contributed by atoms with Crippen molar-refractivity contribution < 1.29 is 4.79 Å². The van der Waals surface area contributed by atoms with Crippen LogP contribution in [0.1, 0.15) is 19.8 Å². The Hall–Kier alpha value is -1.46. The summed E-state index contributed by atoms with van der Waals surface area (Å²) in [6.45, 7) is 3.98. The number of nitrogens with zero attached hydrogens (tertiary/aromatic N) is 2. The van der Waals surface area contributed by atoms with Crippen LogP contribution in [0.2, 0.25) is 5.02 Å². The van der Waals surface area contributed by atoms with Gasteiger partial charge in [-0.2, -0.15) is 0 Å². The van der Waals surface area contributed by atoms with Crippen LogP contribution >= 0.6 is 23.4 Å². The second-order valence-electron chi connectivity index (χ2n) is 5.98. The first kappa shape index (κ1) is 16.4. The Morgan fingerprint density at radius 3 is 2.96 bits per heavy atom. The van der Waals surface area contributed by atoms with Crippen molar-refractivity contribution in [2.24, 2.45) is 5.92 Å². The minimum absolute atomic E-state index is 0.200. The summed E-state index contributed by atoms with van der Waals surface area (Å²) in [7, 11) is 0. The number of halogens is 1. The molecule has 1 fully saturated rings. The Kier molecular flexibility index (Phi) is 5.28. The summed E-state index contributed by atoms with van der Waals surface area (Å²) in [6, 6.07) is 7.60. The monoisotopic (exact) mass is 349 g/mol. The van der Waals surface area contributed by atoms with Gasteiger partial charge in [0.1, 0.15) is 0 Å². The number of aromatic amines is 1. The van der Waals surface area contributed by atoms with Crippen molar-refractivity contribution in [2.45, 2.75) is 24.9 Å². The summed E-state index contributed by atoms with van der Waals surface area (Å²) in [6.07, 6.45) is 4.12. The lowest BCUT2D eigenvalue weighted by molar-refractivity contribution is -0.130. The number of hydrogen-bond donors (Lipinski definition) is 1. The Morgan fingerprint density at radius 2 is 2.22 bits per heavy atom. The molecule has 4 nitrogen and oxygen atoms in total. The first-order chi connectivity index (χ1) is 11.1. The van der Waals surface area contributed by atoms with Crippen molar-refractivity contribution >= 4 is 29.3 Å². The quantitative estimate of drug-likeness (QED) is 0.846. The van der Waals surface area contributed by atoms with Gasteiger partial charge in [0.15, 0.2) is 5.16 Å². The number of imidazole rings is 1. The van der Waals surface area contributed by atoms with Crippen LogP contribution in [0.4, 0.5) is 0 Å². The van der Waals surface area contributed by atoms with Crippen LogP contribution in [0.5, 0.6) is 0 Å². The van der Waals surface area contributed by atoms with Gasteiger partial charge in [-0.3, -0.25) is 4.79 Å². The number of hydrogen-bond acceptors (Lipinski definition) is 3. The van der Waals surface area contributed by atoms with Crippen LogP contribution in [0.15, 0.2) is 35.6 Å². The summed E-state index contributed by atoms with van der Waals surface area (Å²) in [4.78, 5) is 21.9. The molecule has 1 unspecified atom stereocenters. The fourth-order valence-corrected chi connectivity index (χ4v) is 3.67. The molecule has 0 radical (unpaired) electrons. The van der Waals surface area contributed by atoms with E-state index in [1.165, 1.54) is 18.2 Å². The zero-order valence-electron chi connectivity index (χ0n) is 13.1. The van der Waals surface area contributed by atoms with Gasteiger partial charge in [0, 0.05) is 18.1 Å². The maximum Gasteiger partial charge on any atom is 0.233 e. The van der Waals surface area contributed by atoms with Crippen LogP contribution < -0.4 is 0 Å². The van der Waals surface area contributed by atoms with Gasteiger partial charge in [-0.25, -0.2) is 4.98 Å². The lowest BCUT2D eigenvalue weighted by Crippen LogP contribution is -2.40. The molecule has 3 rings (SSSR count). The van der Waals surface area contributed by atoms with Gasteiger partial charge >= 0.3 is 0 Å². The van der Waals surface area contributed by atoms with Gasteiger partial charge in [0.25, 0.3) is 0 Å². The normalized spacial score (nSPS) is 18.2. The third kappa shape index (κ3) is 4.30. The molecular formula is C17H20ClN3OS. The Morgan fingerprint density at radius 1 is 1.43 bits per heavy atom. The molecule has 0 saturated carbocycles. The molecule has 1 atom stereocenters. The predicted octanol–water partition coefficient (Wildman–Crippen LogP) is 4.08. The highest BCUT2D eigenvalue weighted by atomic mass is 35.5. The highest BCUT2D eigenvalue weighted by Crippen LogP contribution is 2.24. The molecule has 0 spiro atoms. The third-order valence-corrected chi connectivity index (χ3v) is 5.17. The molecule has 1 aromatic carbocycles. The van der Waals surface area contributed by atoms with Crippen molar-refractivity contribution in [3.63, 3.8) is 0 Å².